The Morgan fingerprint density at radius 3 is 2.47 bits per heavy atom. The molecule has 0 aromatic carbocycles. The predicted octanol–water partition coefficient (Wildman–Crippen LogP) is 2.22. The minimum absolute atomic E-state index is 0.365. The Hall–Kier alpha value is 0.390. The van der Waals surface area contributed by atoms with E-state index in [1.807, 2.05) is 0 Å². The fourth-order valence-corrected chi connectivity index (χ4v) is 4.09. The molecule has 1 saturated carbocycles. The second-order valence-corrected chi connectivity index (χ2v) is 6.97. The van der Waals surface area contributed by atoms with Crippen LogP contribution in [0.5, 0.6) is 0 Å². The lowest BCUT2D eigenvalue weighted by molar-refractivity contribution is 0.420. The summed E-state index contributed by atoms with van der Waals surface area (Å²) in [5.41, 5.74) is 0. The van der Waals surface area contributed by atoms with E-state index in [1.54, 1.807) is 4.31 Å². The Balaban J connectivity index is 2.50. The Labute approximate surface area is 101 Å². The van der Waals surface area contributed by atoms with Crippen molar-refractivity contribution in [1.82, 2.24) is 4.31 Å². The standard InChI is InChI=1S/C10H20BrNO2S/c1-2-3-7-12(8-6-11)15(13,14)9-10-4-5-10/h10H,2-9H2,1H3. The van der Waals surface area contributed by atoms with Crippen molar-refractivity contribution in [2.24, 2.45) is 5.92 Å². The molecule has 0 spiro atoms. The number of hydrogen-bond acceptors (Lipinski definition) is 2. The molecule has 0 saturated heterocycles. The molecule has 1 aliphatic carbocycles. The van der Waals surface area contributed by atoms with Gasteiger partial charge in [-0.05, 0) is 25.2 Å². The monoisotopic (exact) mass is 297 g/mol. The molecule has 0 N–H and O–H groups in total. The molecular formula is C10H20BrNO2S. The van der Waals surface area contributed by atoms with Crippen LogP contribution in [0.3, 0.4) is 0 Å². The summed E-state index contributed by atoms with van der Waals surface area (Å²) in [6, 6.07) is 0. The van der Waals surface area contributed by atoms with Crippen LogP contribution < -0.4 is 0 Å². The third-order valence-corrected chi connectivity index (χ3v) is 5.03. The van der Waals surface area contributed by atoms with Gasteiger partial charge in [-0.15, -0.1) is 0 Å². The summed E-state index contributed by atoms with van der Waals surface area (Å²) in [6.07, 6.45) is 4.18. The van der Waals surface area contributed by atoms with Crippen LogP contribution in [0.2, 0.25) is 0 Å². The Morgan fingerprint density at radius 1 is 1.33 bits per heavy atom. The van der Waals surface area contributed by atoms with Gasteiger partial charge in [0.15, 0.2) is 0 Å². The largest absolute Gasteiger partial charge is 0.214 e. The molecule has 90 valence electrons. The van der Waals surface area contributed by atoms with Crippen molar-refractivity contribution in [2.75, 3.05) is 24.2 Å². The highest BCUT2D eigenvalue weighted by atomic mass is 79.9. The van der Waals surface area contributed by atoms with Gasteiger partial charge in [0.2, 0.25) is 10.0 Å². The highest BCUT2D eigenvalue weighted by Gasteiger charge is 2.31. The number of halogens is 1. The van der Waals surface area contributed by atoms with Gasteiger partial charge in [0.25, 0.3) is 0 Å². The second kappa shape index (κ2) is 6.21. The quantitative estimate of drug-likeness (QED) is 0.644. The maximum atomic E-state index is 12.0. The Morgan fingerprint density at radius 2 is 2.00 bits per heavy atom. The molecule has 0 unspecified atom stereocenters. The second-order valence-electron chi connectivity index (χ2n) is 4.16. The Bertz CT molecular complexity index is 275. The van der Waals surface area contributed by atoms with E-state index in [0.29, 0.717) is 24.8 Å². The van der Waals surface area contributed by atoms with Crippen LogP contribution in [0, 0.1) is 5.92 Å². The number of nitrogens with zero attached hydrogens (tertiary/aromatic N) is 1. The van der Waals surface area contributed by atoms with Crippen molar-refractivity contribution >= 4 is 26.0 Å². The summed E-state index contributed by atoms with van der Waals surface area (Å²) >= 11 is 3.31. The first-order valence-corrected chi connectivity index (χ1v) is 8.37. The van der Waals surface area contributed by atoms with Gasteiger partial charge in [-0.1, -0.05) is 29.3 Å². The summed E-state index contributed by atoms with van der Waals surface area (Å²) in [5.74, 6) is 0.804. The molecule has 0 radical (unpaired) electrons. The highest BCUT2D eigenvalue weighted by Crippen LogP contribution is 2.31. The van der Waals surface area contributed by atoms with Gasteiger partial charge < -0.3 is 0 Å². The van der Waals surface area contributed by atoms with Gasteiger partial charge in [-0.2, -0.15) is 0 Å². The van der Waals surface area contributed by atoms with Crippen LogP contribution >= 0.6 is 15.9 Å². The van der Waals surface area contributed by atoms with Crippen LogP contribution in [0.4, 0.5) is 0 Å². The van der Waals surface area contributed by atoms with Crippen molar-refractivity contribution in [3.8, 4) is 0 Å². The minimum Gasteiger partial charge on any atom is -0.212 e. The number of sulfonamides is 1. The SMILES string of the molecule is CCCCN(CCBr)S(=O)(=O)CC1CC1. The molecule has 0 aliphatic heterocycles. The number of unbranched alkanes of at least 4 members (excludes halogenated alkanes) is 1. The van der Waals surface area contributed by atoms with E-state index in [1.165, 1.54) is 0 Å². The van der Waals surface area contributed by atoms with E-state index in [9.17, 15) is 8.42 Å². The van der Waals surface area contributed by atoms with Gasteiger partial charge in [0, 0.05) is 18.4 Å². The van der Waals surface area contributed by atoms with Crippen molar-refractivity contribution in [2.45, 2.75) is 32.6 Å². The van der Waals surface area contributed by atoms with Gasteiger partial charge in [0.05, 0.1) is 5.75 Å². The number of rotatable bonds is 8. The third kappa shape index (κ3) is 4.83. The average Bonchev–Trinajstić information content (AvgIpc) is 2.95. The molecule has 0 heterocycles. The lowest BCUT2D eigenvalue weighted by Crippen LogP contribution is -2.35. The first kappa shape index (κ1) is 13.5. The van der Waals surface area contributed by atoms with E-state index < -0.39 is 10.0 Å². The van der Waals surface area contributed by atoms with E-state index in [0.717, 1.165) is 31.0 Å². The molecule has 1 aliphatic rings. The smallest absolute Gasteiger partial charge is 0.212 e. The molecule has 5 heteroatoms. The van der Waals surface area contributed by atoms with Crippen LogP contribution in [-0.2, 0) is 10.0 Å². The molecule has 0 aromatic rings. The van der Waals surface area contributed by atoms with Gasteiger partial charge in [0.1, 0.15) is 0 Å². The zero-order chi connectivity index (χ0) is 11.3. The molecular weight excluding hydrogens is 278 g/mol. The lowest BCUT2D eigenvalue weighted by atomic mass is 10.3. The van der Waals surface area contributed by atoms with E-state index in [4.69, 9.17) is 0 Å². The fourth-order valence-electron chi connectivity index (χ4n) is 1.51. The highest BCUT2D eigenvalue weighted by molar-refractivity contribution is 9.09. The van der Waals surface area contributed by atoms with Gasteiger partial charge in [-0.25, -0.2) is 12.7 Å². The molecule has 0 amide bonds. The van der Waals surface area contributed by atoms with Gasteiger partial charge >= 0.3 is 0 Å². The average molecular weight is 298 g/mol. The summed E-state index contributed by atoms with van der Waals surface area (Å²) in [4.78, 5) is 0. The molecule has 0 atom stereocenters. The van der Waals surface area contributed by atoms with E-state index in [2.05, 4.69) is 22.9 Å². The summed E-state index contributed by atoms with van der Waals surface area (Å²) in [6.45, 7) is 3.37. The van der Waals surface area contributed by atoms with Crippen LogP contribution in [0.25, 0.3) is 0 Å². The molecule has 3 nitrogen and oxygen atoms in total. The van der Waals surface area contributed by atoms with Crippen molar-refractivity contribution in [1.29, 1.82) is 0 Å². The van der Waals surface area contributed by atoms with Crippen LogP contribution in [-0.4, -0.2) is 36.9 Å². The summed E-state index contributed by atoms with van der Waals surface area (Å²) in [5, 5.41) is 0.723. The molecule has 0 aromatic heterocycles. The molecule has 1 rings (SSSR count). The van der Waals surface area contributed by atoms with Crippen LogP contribution in [0.1, 0.15) is 32.6 Å². The molecule has 1 fully saturated rings. The molecule has 0 bridgehead atoms. The summed E-state index contributed by atoms with van der Waals surface area (Å²) < 4.78 is 25.6. The zero-order valence-electron chi connectivity index (χ0n) is 9.28. The van der Waals surface area contributed by atoms with Crippen molar-refractivity contribution in [3.63, 3.8) is 0 Å². The van der Waals surface area contributed by atoms with E-state index >= 15 is 0 Å². The maximum absolute atomic E-state index is 12.0. The maximum Gasteiger partial charge on any atom is 0.214 e. The Kier molecular flexibility index (Phi) is 5.57. The topological polar surface area (TPSA) is 37.4 Å². The first-order valence-electron chi connectivity index (χ1n) is 5.64. The predicted molar refractivity (Wildman–Crippen MR) is 66.8 cm³/mol. The first-order chi connectivity index (χ1) is 7.10. The molecule has 15 heavy (non-hydrogen) atoms. The normalized spacial score (nSPS) is 17.3. The summed E-state index contributed by atoms with van der Waals surface area (Å²) in [7, 11) is -2.99. The van der Waals surface area contributed by atoms with Crippen LogP contribution in [0.15, 0.2) is 0 Å². The lowest BCUT2D eigenvalue weighted by Gasteiger charge is -2.20. The van der Waals surface area contributed by atoms with E-state index in [-0.39, 0.29) is 0 Å². The minimum atomic E-state index is -2.99. The third-order valence-electron chi connectivity index (χ3n) is 2.63. The van der Waals surface area contributed by atoms with Crippen molar-refractivity contribution < 1.29 is 8.42 Å². The fraction of sp³-hybridized carbons (Fsp3) is 1.00. The zero-order valence-corrected chi connectivity index (χ0v) is 11.7. The number of alkyl halides is 1. The van der Waals surface area contributed by atoms with Crippen molar-refractivity contribution in [3.05, 3.63) is 0 Å². The van der Waals surface area contributed by atoms with Gasteiger partial charge in [-0.3, -0.25) is 0 Å². The number of hydrogen-bond donors (Lipinski definition) is 0.